The van der Waals surface area contributed by atoms with E-state index >= 15 is 0 Å². The minimum Gasteiger partial charge on any atom is -0.393 e. The van der Waals surface area contributed by atoms with Gasteiger partial charge in [0.2, 0.25) is 5.91 Å². The second kappa shape index (κ2) is 8.03. The maximum Gasteiger partial charge on any atom is 0.237 e. The smallest absolute Gasteiger partial charge is 0.237 e. The molecule has 3 fully saturated rings. The van der Waals surface area contributed by atoms with Gasteiger partial charge in [-0.05, 0) is 38.6 Å². The van der Waals surface area contributed by atoms with E-state index < -0.39 is 5.54 Å². The van der Waals surface area contributed by atoms with Gasteiger partial charge in [-0.3, -0.25) is 9.69 Å². The molecular formula is C19H31N3O3. The van der Waals surface area contributed by atoms with Crippen LogP contribution in [-0.4, -0.2) is 71.8 Å². The highest BCUT2D eigenvalue weighted by molar-refractivity contribution is 5.79. The highest BCUT2D eigenvalue weighted by Crippen LogP contribution is 2.34. The van der Waals surface area contributed by atoms with Gasteiger partial charge in [0.05, 0.1) is 25.3 Å². The zero-order chi connectivity index (χ0) is 17.9. The fourth-order valence-corrected chi connectivity index (χ4v) is 4.83. The van der Waals surface area contributed by atoms with Crippen molar-refractivity contribution in [1.82, 2.24) is 9.80 Å². The summed E-state index contributed by atoms with van der Waals surface area (Å²) in [5.74, 6) is 0.121. The quantitative estimate of drug-likeness (QED) is 0.833. The molecule has 6 nitrogen and oxygen atoms in total. The fourth-order valence-electron chi connectivity index (χ4n) is 4.83. The van der Waals surface area contributed by atoms with Gasteiger partial charge in [-0.2, -0.15) is 5.26 Å². The van der Waals surface area contributed by atoms with E-state index in [0.29, 0.717) is 26.2 Å². The molecule has 1 N–H and O–H groups in total. The molecule has 0 aromatic carbocycles. The molecule has 0 unspecified atom stereocenters. The zero-order valence-electron chi connectivity index (χ0n) is 15.3. The van der Waals surface area contributed by atoms with Crippen LogP contribution in [0.3, 0.4) is 0 Å². The van der Waals surface area contributed by atoms with Crippen LogP contribution >= 0.6 is 0 Å². The molecule has 140 valence electrons. The molecule has 1 aliphatic carbocycles. The molecule has 2 saturated heterocycles. The number of aliphatic hydroxyl groups excluding tert-OH is 1. The molecule has 2 heterocycles. The van der Waals surface area contributed by atoms with Gasteiger partial charge in [-0.25, -0.2) is 0 Å². The van der Waals surface area contributed by atoms with Crippen molar-refractivity contribution in [3.63, 3.8) is 0 Å². The van der Waals surface area contributed by atoms with Gasteiger partial charge in [-0.15, -0.1) is 0 Å². The normalized spacial score (nSPS) is 32.9. The van der Waals surface area contributed by atoms with Crippen molar-refractivity contribution in [3.05, 3.63) is 0 Å². The van der Waals surface area contributed by atoms with Crippen molar-refractivity contribution in [2.75, 3.05) is 33.4 Å². The van der Waals surface area contributed by atoms with E-state index in [9.17, 15) is 15.2 Å². The molecule has 3 atom stereocenters. The maximum absolute atomic E-state index is 12.9. The van der Waals surface area contributed by atoms with Crippen molar-refractivity contribution in [1.29, 1.82) is 5.26 Å². The van der Waals surface area contributed by atoms with Gasteiger partial charge >= 0.3 is 0 Å². The van der Waals surface area contributed by atoms with Crippen LogP contribution in [0.1, 0.15) is 51.4 Å². The van der Waals surface area contributed by atoms with Crippen LogP contribution in [0.25, 0.3) is 0 Å². The number of likely N-dealkylation sites (N-methyl/N-ethyl adjacent to an activating group) is 1. The van der Waals surface area contributed by atoms with Crippen molar-refractivity contribution < 1.29 is 14.6 Å². The van der Waals surface area contributed by atoms with Crippen molar-refractivity contribution in [2.45, 2.75) is 69.1 Å². The number of carbonyl (C=O) groups excluding carboxylic acids is 1. The topological polar surface area (TPSA) is 76.8 Å². The molecule has 25 heavy (non-hydrogen) atoms. The SMILES string of the molecule is CN(C(=O)CN1CCC[C@@H]1[C@H]1COCC[C@@H]1O)C1(C#N)CCCCC1. The van der Waals surface area contributed by atoms with Gasteiger partial charge in [0, 0.05) is 25.6 Å². The average molecular weight is 349 g/mol. The molecular weight excluding hydrogens is 318 g/mol. The number of rotatable bonds is 4. The van der Waals surface area contributed by atoms with Crippen molar-refractivity contribution >= 4 is 5.91 Å². The minimum absolute atomic E-state index is 0.0292. The Labute approximate surface area is 150 Å². The number of aliphatic hydroxyl groups is 1. The first-order valence-corrected chi connectivity index (χ1v) is 9.75. The van der Waals surface area contributed by atoms with E-state index in [1.54, 1.807) is 11.9 Å². The van der Waals surface area contributed by atoms with E-state index in [2.05, 4.69) is 11.0 Å². The van der Waals surface area contributed by atoms with Crippen LogP contribution in [0, 0.1) is 17.2 Å². The van der Waals surface area contributed by atoms with Crippen LogP contribution in [0.4, 0.5) is 0 Å². The Bertz CT molecular complexity index is 513. The molecule has 1 saturated carbocycles. The summed E-state index contributed by atoms with van der Waals surface area (Å²) in [5.41, 5.74) is -0.627. The summed E-state index contributed by atoms with van der Waals surface area (Å²) in [6.45, 7) is 2.42. The highest BCUT2D eigenvalue weighted by Gasteiger charge is 2.42. The number of carbonyl (C=O) groups is 1. The lowest BCUT2D eigenvalue weighted by Gasteiger charge is -2.41. The lowest BCUT2D eigenvalue weighted by Crippen LogP contribution is -2.54. The summed E-state index contributed by atoms with van der Waals surface area (Å²) in [5, 5.41) is 20.0. The predicted molar refractivity (Wildman–Crippen MR) is 93.7 cm³/mol. The Hall–Kier alpha value is -1.16. The van der Waals surface area contributed by atoms with E-state index in [4.69, 9.17) is 4.74 Å². The van der Waals surface area contributed by atoms with Crippen LogP contribution in [0.2, 0.25) is 0 Å². The summed E-state index contributed by atoms with van der Waals surface area (Å²) in [6.07, 6.45) is 7.15. The first-order chi connectivity index (χ1) is 12.1. The minimum atomic E-state index is -0.627. The van der Waals surface area contributed by atoms with Gasteiger partial charge in [-0.1, -0.05) is 19.3 Å². The third-order valence-corrected chi connectivity index (χ3v) is 6.51. The van der Waals surface area contributed by atoms with E-state index in [-0.39, 0.29) is 24.0 Å². The molecule has 1 amide bonds. The lowest BCUT2D eigenvalue weighted by atomic mass is 9.81. The standard InChI is InChI=1S/C19H31N3O3/c1-21(19(14-20)8-3-2-4-9-19)18(24)12-22-10-5-6-16(22)15-13-25-11-7-17(15)23/h15-17,23H,2-13H2,1H3/t15-,16-,17+/m1/s1. The Morgan fingerprint density at radius 3 is 2.76 bits per heavy atom. The summed E-state index contributed by atoms with van der Waals surface area (Å²) in [6, 6.07) is 2.64. The van der Waals surface area contributed by atoms with E-state index in [1.165, 1.54) is 0 Å². The number of hydrogen-bond acceptors (Lipinski definition) is 5. The zero-order valence-corrected chi connectivity index (χ0v) is 15.3. The molecule has 0 bridgehead atoms. The number of ether oxygens (including phenoxy) is 1. The molecule has 0 radical (unpaired) electrons. The second-order valence-corrected chi connectivity index (χ2v) is 7.93. The number of nitriles is 1. The molecule has 0 aromatic heterocycles. The summed E-state index contributed by atoms with van der Waals surface area (Å²) in [4.78, 5) is 16.8. The second-order valence-electron chi connectivity index (χ2n) is 7.93. The van der Waals surface area contributed by atoms with Crippen LogP contribution in [0.15, 0.2) is 0 Å². The summed E-state index contributed by atoms with van der Waals surface area (Å²) >= 11 is 0. The highest BCUT2D eigenvalue weighted by atomic mass is 16.5. The fraction of sp³-hybridized carbons (Fsp3) is 0.895. The number of nitrogens with zero attached hydrogens (tertiary/aromatic N) is 3. The Morgan fingerprint density at radius 2 is 2.08 bits per heavy atom. The van der Waals surface area contributed by atoms with E-state index in [1.807, 2.05) is 0 Å². The molecule has 0 spiro atoms. The molecule has 0 aromatic rings. The average Bonchev–Trinajstić information content (AvgIpc) is 3.09. The maximum atomic E-state index is 12.9. The van der Waals surface area contributed by atoms with Crippen molar-refractivity contribution in [2.24, 2.45) is 5.92 Å². The first-order valence-electron chi connectivity index (χ1n) is 9.75. The summed E-state index contributed by atoms with van der Waals surface area (Å²) in [7, 11) is 1.79. The van der Waals surface area contributed by atoms with Crippen molar-refractivity contribution in [3.8, 4) is 6.07 Å². The molecule has 2 aliphatic heterocycles. The third kappa shape index (κ3) is 3.84. The molecule has 3 aliphatic rings. The van der Waals surface area contributed by atoms with Crippen LogP contribution < -0.4 is 0 Å². The monoisotopic (exact) mass is 349 g/mol. The van der Waals surface area contributed by atoms with Gasteiger partial charge in [0.25, 0.3) is 0 Å². The number of likely N-dealkylation sites (tertiary alicyclic amines) is 1. The summed E-state index contributed by atoms with van der Waals surface area (Å²) < 4.78 is 5.57. The van der Waals surface area contributed by atoms with Crippen LogP contribution in [0.5, 0.6) is 0 Å². The first kappa shape index (κ1) is 18.6. The van der Waals surface area contributed by atoms with Gasteiger partial charge in [0.15, 0.2) is 0 Å². The Kier molecular flexibility index (Phi) is 5.98. The molecule has 6 heteroatoms. The Morgan fingerprint density at radius 1 is 1.32 bits per heavy atom. The number of hydrogen-bond donors (Lipinski definition) is 1. The molecule has 3 rings (SSSR count). The predicted octanol–water partition coefficient (Wildman–Crippen LogP) is 1.53. The van der Waals surface area contributed by atoms with Gasteiger partial charge < -0.3 is 14.7 Å². The van der Waals surface area contributed by atoms with E-state index in [0.717, 1.165) is 51.5 Å². The largest absolute Gasteiger partial charge is 0.393 e. The third-order valence-electron chi connectivity index (χ3n) is 6.51. The van der Waals surface area contributed by atoms with Gasteiger partial charge in [0.1, 0.15) is 5.54 Å². The lowest BCUT2D eigenvalue weighted by molar-refractivity contribution is -0.137. The Balaban J connectivity index is 1.64. The number of amides is 1. The van der Waals surface area contributed by atoms with Crippen LogP contribution in [-0.2, 0) is 9.53 Å².